The van der Waals surface area contributed by atoms with Gasteiger partial charge in [-0.25, -0.2) is 9.52 Å². The number of hydrazone groups is 1. The second-order valence-electron chi connectivity index (χ2n) is 10.1. The van der Waals surface area contributed by atoms with Gasteiger partial charge in [0.05, 0.1) is 27.8 Å². The van der Waals surface area contributed by atoms with Gasteiger partial charge in [0.2, 0.25) is 0 Å². The average molecular weight is 534 g/mol. The molecule has 0 N–H and O–H groups in total. The van der Waals surface area contributed by atoms with Crippen LogP contribution in [0.5, 0.6) is 0 Å². The van der Waals surface area contributed by atoms with Crippen molar-refractivity contribution in [1.82, 2.24) is 0 Å². The topological polar surface area (TPSA) is 74.3 Å². The molecule has 4 aromatic rings. The van der Waals surface area contributed by atoms with Crippen LogP contribution in [-0.2, 0) is 5.41 Å². The first kappa shape index (κ1) is 24.8. The molecule has 4 aromatic carbocycles. The van der Waals surface area contributed by atoms with Crippen molar-refractivity contribution < 1.29 is 4.92 Å². The zero-order chi connectivity index (χ0) is 27.2. The van der Waals surface area contributed by atoms with Crippen LogP contribution in [0, 0.1) is 10.1 Å². The Morgan fingerprint density at radius 1 is 0.846 bits per heavy atom. The Hall–Kier alpha value is -4.48. The van der Waals surface area contributed by atoms with Crippen LogP contribution in [-0.4, -0.2) is 18.2 Å². The highest BCUT2D eigenvalue weighted by Crippen LogP contribution is 2.67. The molecule has 8 heteroatoms. The van der Waals surface area contributed by atoms with Gasteiger partial charge in [0.25, 0.3) is 5.69 Å². The molecule has 0 saturated heterocycles. The molecule has 2 aliphatic rings. The third kappa shape index (κ3) is 3.89. The Morgan fingerprint density at radius 2 is 1.46 bits per heavy atom. The van der Waals surface area contributed by atoms with E-state index in [0.29, 0.717) is 5.69 Å². The quantitative estimate of drug-likeness (QED) is 0.152. The first-order chi connectivity index (χ1) is 18.8. The largest absolute Gasteiger partial charge is 0.346 e. The van der Waals surface area contributed by atoms with Gasteiger partial charge in [0.15, 0.2) is 0 Å². The Labute approximate surface area is 228 Å². The van der Waals surface area contributed by atoms with Crippen molar-refractivity contribution in [2.24, 2.45) is 9.85 Å². The number of nitro groups is 1. The van der Waals surface area contributed by atoms with Gasteiger partial charge in [-0.05, 0) is 35.9 Å². The maximum Gasteiger partial charge on any atom is 0.269 e. The molecular weight excluding hydrogens is 505 g/mol. The summed E-state index contributed by atoms with van der Waals surface area (Å²) in [4.78, 5) is 13.2. The van der Waals surface area contributed by atoms with Crippen LogP contribution in [0.4, 0.5) is 22.7 Å². The normalized spacial score (nSPS) is 21.2. The summed E-state index contributed by atoms with van der Waals surface area (Å²) in [5, 5.41) is 18.5. The van der Waals surface area contributed by atoms with Gasteiger partial charge < -0.3 is 4.90 Å². The van der Waals surface area contributed by atoms with Crippen molar-refractivity contribution in [3.05, 3.63) is 136 Å². The zero-order valence-electron chi connectivity index (χ0n) is 22.0. The molecular formula is C31H28N5O2P. The SMILES string of the molecule is CN1/C(=C2\C=NN(c3ccccc3)[P@@]2(=Nc2ccc([N+](=O)[O-])cc2)c2ccccc2)C(C)(C)c2ccccc21. The van der Waals surface area contributed by atoms with Gasteiger partial charge in [-0.2, -0.15) is 5.10 Å². The first-order valence-corrected chi connectivity index (χ1v) is 14.4. The summed E-state index contributed by atoms with van der Waals surface area (Å²) < 4.78 is 7.58. The minimum atomic E-state index is -2.79. The molecule has 194 valence electrons. The summed E-state index contributed by atoms with van der Waals surface area (Å²) in [5.74, 6) is 0. The molecule has 0 amide bonds. The highest BCUT2D eigenvalue weighted by Gasteiger charge is 2.47. The molecule has 2 heterocycles. The van der Waals surface area contributed by atoms with Crippen LogP contribution in [0.2, 0.25) is 0 Å². The van der Waals surface area contributed by atoms with Gasteiger partial charge in [-0.1, -0.05) is 80.6 Å². The standard InChI is InChI=1S/C31H28N5O2P/c1-31(2)27-16-10-11-17-28(27)34(3)30(31)29-22-32-35(24-12-6-4-7-13-24)39(29,26-14-8-5-9-15-26)33-23-18-20-25(21-19-23)36(37)38/h4-22H,1-3H3/b30-29+/t39-/m0/s1. The molecule has 0 unspecified atom stereocenters. The number of para-hydroxylation sites is 2. The number of hydrogen-bond acceptors (Lipinski definition) is 5. The molecule has 39 heavy (non-hydrogen) atoms. The average Bonchev–Trinajstić information content (AvgIpc) is 3.42. The van der Waals surface area contributed by atoms with E-state index in [2.05, 4.69) is 67.0 Å². The predicted molar refractivity (Wildman–Crippen MR) is 160 cm³/mol. The van der Waals surface area contributed by atoms with E-state index in [1.165, 1.54) is 17.7 Å². The maximum atomic E-state index is 11.4. The lowest BCUT2D eigenvalue weighted by molar-refractivity contribution is -0.384. The smallest absolute Gasteiger partial charge is 0.269 e. The number of fused-ring (bicyclic) bond motifs is 1. The van der Waals surface area contributed by atoms with Crippen LogP contribution in [0.25, 0.3) is 0 Å². The number of nitro benzene ring substituents is 1. The molecule has 6 rings (SSSR count). The van der Waals surface area contributed by atoms with Crippen LogP contribution in [0.15, 0.2) is 130 Å². The van der Waals surface area contributed by atoms with E-state index >= 15 is 0 Å². The molecule has 0 aromatic heterocycles. The lowest BCUT2D eigenvalue weighted by atomic mass is 9.84. The van der Waals surface area contributed by atoms with E-state index in [4.69, 9.17) is 9.85 Å². The number of rotatable bonds is 4. The number of allylic oxidation sites excluding steroid dienone is 2. The van der Waals surface area contributed by atoms with E-state index in [0.717, 1.165) is 27.7 Å². The predicted octanol–water partition coefficient (Wildman–Crippen LogP) is 7.81. The van der Waals surface area contributed by atoms with E-state index in [1.54, 1.807) is 12.1 Å². The number of hydrogen-bond donors (Lipinski definition) is 0. The van der Waals surface area contributed by atoms with Gasteiger partial charge in [0.1, 0.15) is 7.21 Å². The molecule has 0 saturated carbocycles. The van der Waals surface area contributed by atoms with Crippen molar-refractivity contribution in [1.29, 1.82) is 0 Å². The third-order valence-electron chi connectivity index (χ3n) is 7.43. The van der Waals surface area contributed by atoms with E-state index in [1.807, 2.05) is 54.7 Å². The Bertz CT molecular complexity index is 1680. The van der Waals surface area contributed by atoms with Crippen molar-refractivity contribution >= 4 is 41.5 Å². The summed E-state index contributed by atoms with van der Waals surface area (Å²) in [6.07, 6.45) is 1.97. The molecule has 2 aliphatic heterocycles. The fourth-order valence-corrected chi connectivity index (χ4v) is 9.34. The van der Waals surface area contributed by atoms with Crippen LogP contribution in [0.1, 0.15) is 19.4 Å². The molecule has 1 atom stereocenters. The monoisotopic (exact) mass is 533 g/mol. The highest BCUT2D eigenvalue weighted by molar-refractivity contribution is 7.80. The lowest BCUT2D eigenvalue weighted by Gasteiger charge is -2.35. The van der Waals surface area contributed by atoms with Gasteiger partial charge in [0, 0.05) is 41.3 Å². The Kier molecular flexibility index (Phi) is 5.96. The Morgan fingerprint density at radius 3 is 2.10 bits per heavy atom. The Balaban J connectivity index is 1.72. The van der Waals surface area contributed by atoms with E-state index in [9.17, 15) is 10.1 Å². The molecule has 0 aliphatic carbocycles. The summed E-state index contributed by atoms with van der Waals surface area (Å²) in [6, 6.07) is 35.4. The number of benzene rings is 4. The number of non-ortho nitro benzene ring substituents is 1. The van der Waals surface area contributed by atoms with Gasteiger partial charge in [-0.3, -0.25) is 10.1 Å². The van der Waals surface area contributed by atoms with Crippen molar-refractivity contribution in [3.8, 4) is 0 Å². The molecule has 0 spiro atoms. The highest BCUT2D eigenvalue weighted by atomic mass is 31.2. The summed E-state index contributed by atoms with van der Waals surface area (Å²) >= 11 is 0. The number of nitrogens with zero attached hydrogens (tertiary/aromatic N) is 5. The summed E-state index contributed by atoms with van der Waals surface area (Å²) in [6.45, 7) is 4.50. The van der Waals surface area contributed by atoms with E-state index < -0.39 is 7.21 Å². The van der Waals surface area contributed by atoms with Gasteiger partial charge >= 0.3 is 0 Å². The third-order valence-corrected chi connectivity index (χ3v) is 10.9. The maximum absolute atomic E-state index is 11.4. The fourth-order valence-electron chi connectivity index (χ4n) is 5.67. The van der Waals surface area contributed by atoms with Crippen molar-refractivity contribution in [2.75, 3.05) is 16.7 Å². The number of likely N-dealkylation sites (N-methyl/N-ethyl adjacent to an activating group) is 1. The zero-order valence-corrected chi connectivity index (χ0v) is 22.9. The van der Waals surface area contributed by atoms with Crippen molar-refractivity contribution in [2.45, 2.75) is 19.3 Å². The number of anilines is 2. The van der Waals surface area contributed by atoms with Crippen LogP contribution < -0.4 is 15.0 Å². The molecule has 0 fully saturated rings. The van der Waals surface area contributed by atoms with Crippen LogP contribution in [0.3, 0.4) is 0 Å². The minimum absolute atomic E-state index is 0.0364. The van der Waals surface area contributed by atoms with E-state index in [-0.39, 0.29) is 16.0 Å². The lowest BCUT2D eigenvalue weighted by Crippen LogP contribution is -2.27. The summed E-state index contributed by atoms with van der Waals surface area (Å²) in [5.41, 5.74) is 4.90. The van der Waals surface area contributed by atoms with Crippen LogP contribution >= 0.6 is 7.21 Å². The van der Waals surface area contributed by atoms with Gasteiger partial charge in [-0.15, -0.1) is 0 Å². The molecule has 0 radical (unpaired) electrons. The second-order valence-corrected chi connectivity index (χ2v) is 12.9. The summed E-state index contributed by atoms with van der Waals surface area (Å²) in [7, 11) is -0.681. The first-order valence-electron chi connectivity index (χ1n) is 12.7. The van der Waals surface area contributed by atoms with Crippen molar-refractivity contribution in [3.63, 3.8) is 0 Å². The fraction of sp³-hybridized carbons (Fsp3) is 0.129. The second kappa shape index (κ2) is 9.37. The molecule has 0 bridgehead atoms. The minimum Gasteiger partial charge on any atom is -0.346 e. The molecule has 7 nitrogen and oxygen atoms in total.